The van der Waals surface area contributed by atoms with Gasteiger partial charge in [0.1, 0.15) is 5.65 Å². The van der Waals surface area contributed by atoms with Crippen molar-refractivity contribution in [1.29, 1.82) is 0 Å². The fourth-order valence-electron chi connectivity index (χ4n) is 2.52. The molecule has 3 heterocycles. The molecule has 0 bridgehead atoms. The fourth-order valence-corrected chi connectivity index (χ4v) is 2.52. The molecule has 1 aliphatic heterocycles. The van der Waals surface area contributed by atoms with E-state index in [0.29, 0.717) is 0 Å². The second kappa shape index (κ2) is 4.58. The van der Waals surface area contributed by atoms with Gasteiger partial charge in [0, 0.05) is 35.9 Å². The molecule has 0 aliphatic carbocycles. The number of likely N-dealkylation sites (N-methyl/N-ethyl adjacent to an activating group) is 1. The molecule has 0 radical (unpaired) electrons. The standard InChI is InChI=1S/C15H19N3/c1-3-12-4-5-13-14(10-16-15(13)17-12)11-6-8-18(2)9-7-11/h4-6,10H,3,7-9H2,1-2H3,(H,16,17). The summed E-state index contributed by atoms with van der Waals surface area (Å²) in [4.78, 5) is 10.3. The van der Waals surface area contributed by atoms with Crippen LogP contribution in [0, 0.1) is 0 Å². The van der Waals surface area contributed by atoms with Crippen LogP contribution in [0.2, 0.25) is 0 Å². The number of hydrogen-bond acceptors (Lipinski definition) is 2. The molecular formula is C15H19N3. The van der Waals surface area contributed by atoms with Crippen LogP contribution < -0.4 is 0 Å². The molecule has 94 valence electrons. The molecule has 0 unspecified atom stereocenters. The van der Waals surface area contributed by atoms with Crippen molar-refractivity contribution in [2.45, 2.75) is 19.8 Å². The summed E-state index contributed by atoms with van der Waals surface area (Å²) in [7, 11) is 2.16. The van der Waals surface area contributed by atoms with Crippen LogP contribution in [0.15, 0.2) is 24.4 Å². The summed E-state index contributed by atoms with van der Waals surface area (Å²) in [6.45, 7) is 4.32. The van der Waals surface area contributed by atoms with Gasteiger partial charge in [-0.1, -0.05) is 13.0 Å². The first-order valence-corrected chi connectivity index (χ1v) is 6.63. The zero-order valence-electron chi connectivity index (χ0n) is 11.0. The second-order valence-electron chi connectivity index (χ2n) is 5.00. The van der Waals surface area contributed by atoms with Crippen LogP contribution in [0.25, 0.3) is 16.6 Å². The van der Waals surface area contributed by atoms with Crippen LogP contribution in [0.5, 0.6) is 0 Å². The first-order chi connectivity index (χ1) is 8.78. The normalized spacial score (nSPS) is 17.1. The molecule has 0 saturated heterocycles. The van der Waals surface area contributed by atoms with Gasteiger partial charge in [0.05, 0.1) is 0 Å². The van der Waals surface area contributed by atoms with Crippen molar-refractivity contribution in [3.63, 3.8) is 0 Å². The molecule has 2 aromatic rings. The zero-order chi connectivity index (χ0) is 12.5. The van der Waals surface area contributed by atoms with Crippen LogP contribution in [0.1, 0.15) is 24.6 Å². The van der Waals surface area contributed by atoms with E-state index in [-0.39, 0.29) is 0 Å². The maximum atomic E-state index is 4.63. The predicted molar refractivity (Wildman–Crippen MR) is 75.6 cm³/mol. The minimum absolute atomic E-state index is 0.984. The van der Waals surface area contributed by atoms with Gasteiger partial charge in [-0.15, -0.1) is 0 Å². The Labute approximate surface area is 108 Å². The Morgan fingerprint density at radius 3 is 3.00 bits per heavy atom. The summed E-state index contributed by atoms with van der Waals surface area (Å²) in [5.41, 5.74) is 4.94. The number of aromatic nitrogens is 2. The van der Waals surface area contributed by atoms with Gasteiger partial charge in [0.25, 0.3) is 0 Å². The van der Waals surface area contributed by atoms with Crippen LogP contribution in [0.3, 0.4) is 0 Å². The molecule has 0 amide bonds. The maximum absolute atomic E-state index is 4.63. The predicted octanol–water partition coefficient (Wildman–Crippen LogP) is 2.84. The molecule has 0 atom stereocenters. The van der Waals surface area contributed by atoms with Crippen molar-refractivity contribution in [2.75, 3.05) is 20.1 Å². The van der Waals surface area contributed by atoms with Crippen molar-refractivity contribution in [3.05, 3.63) is 35.7 Å². The summed E-state index contributed by atoms with van der Waals surface area (Å²) in [5, 5.41) is 1.25. The van der Waals surface area contributed by atoms with E-state index in [1.54, 1.807) is 0 Å². The van der Waals surface area contributed by atoms with Crippen LogP contribution in [-0.4, -0.2) is 35.0 Å². The number of fused-ring (bicyclic) bond motifs is 1. The highest BCUT2D eigenvalue weighted by molar-refractivity contribution is 5.90. The average molecular weight is 241 g/mol. The number of rotatable bonds is 2. The van der Waals surface area contributed by atoms with E-state index in [2.05, 4.69) is 53.2 Å². The van der Waals surface area contributed by atoms with E-state index < -0.39 is 0 Å². The third-order valence-corrected chi connectivity index (χ3v) is 3.72. The number of nitrogens with one attached hydrogen (secondary N) is 1. The molecule has 3 heteroatoms. The van der Waals surface area contributed by atoms with Crippen molar-refractivity contribution >= 4 is 16.6 Å². The summed E-state index contributed by atoms with van der Waals surface area (Å²) in [6.07, 6.45) is 6.55. The Hall–Kier alpha value is -1.61. The minimum Gasteiger partial charge on any atom is -0.346 e. The lowest BCUT2D eigenvalue weighted by Gasteiger charge is -2.21. The molecule has 1 aliphatic rings. The SMILES string of the molecule is CCc1ccc2c(C3=CCN(C)CC3)c[nH]c2n1. The zero-order valence-corrected chi connectivity index (χ0v) is 11.0. The number of aryl methyl sites for hydroxylation is 1. The lowest BCUT2D eigenvalue weighted by molar-refractivity contribution is 0.370. The fraction of sp³-hybridized carbons (Fsp3) is 0.400. The highest BCUT2D eigenvalue weighted by atomic mass is 15.1. The molecule has 0 spiro atoms. The van der Waals surface area contributed by atoms with Gasteiger partial charge < -0.3 is 9.88 Å². The molecule has 18 heavy (non-hydrogen) atoms. The third-order valence-electron chi connectivity index (χ3n) is 3.72. The largest absolute Gasteiger partial charge is 0.346 e. The van der Waals surface area contributed by atoms with Crippen molar-refractivity contribution in [3.8, 4) is 0 Å². The lowest BCUT2D eigenvalue weighted by atomic mass is 10.00. The monoisotopic (exact) mass is 241 g/mol. The van der Waals surface area contributed by atoms with Gasteiger partial charge >= 0.3 is 0 Å². The van der Waals surface area contributed by atoms with Gasteiger partial charge in [-0.05, 0) is 37.6 Å². The number of pyridine rings is 1. The van der Waals surface area contributed by atoms with Gasteiger partial charge in [0.15, 0.2) is 0 Å². The smallest absolute Gasteiger partial charge is 0.138 e. The van der Waals surface area contributed by atoms with Gasteiger partial charge in [-0.3, -0.25) is 0 Å². The Kier molecular flexibility index (Phi) is 2.92. The number of hydrogen-bond donors (Lipinski definition) is 1. The minimum atomic E-state index is 0.984. The molecular weight excluding hydrogens is 222 g/mol. The van der Waals surface area contributed by atoms with Crippen molar-refractivity contribution < 1.29 is 0 Å². The first-order valence-electron chi connectivity index (χ1n) is 6.63. The summed E-state index contributed by atoms with van der Waals surface area (Å²) in [6, 6.07) is 4.33. The Bertz CT molecular complexity index is 595. The van der Waals surface area contributed by atoms with E-state index in [4.69, 9.17) is 0 Å². The number of H-pyrrole nitrogens is 1. The number of nitrogens with zero attached hydrogens (tertiary/aromatic N) is 2. The quantitative estimate of drug-likeness (QED) is 0.876. The lowest BCUT2D eigenvalue weighted by Crippen LogP contribution is -2.23. The van der Waals surface area contributed by atoms with Crippen molar-refractivity contribution in [2.24, 2.45) is 0 Å². The third kappa shape index (κ3) is 1.95. The van der Waals surface area contributed by atoms with Gasteiger partial charge in [-0.2, -0.15) is 0 Å². The van der Waals surface area contributed by atoms with E-state index >= 15 is 0 Å². The van der Waals surface area contributed by atoms with Crippen LogP contribution >= 0.6 is 0 Å². The maximum Gasteiger partial charge on any atom is 0.138 e. The Morgan fingerprint density at radius 1 is 1.39 bits per heavy atom. The number of aromatic amines is 1. The van der Waals surface area contributed by atoms with Gasteiger partial charge in [-0.25, -0.2) is 4.98 Å². The van der Waals surface area contributed by atoms with Crippen molar-refractivity contribution in [1.82, 2.24) is 14.9 Å². The summed E-state index contributed by atoms with van der Waals surface area (Å²) >= 11 is 0. The molecule has 3 rings (SSSR count). The summed E-state index contributed by atoms with van der Waals surface area (Å²) < 4.78 is 0. The van der Waals surface area contributed by atoms with Gasteiger partial charge in [0.2, 0.25) is 0 Å². The van der Waals surface area contributed by atoms with Crippen LogP contribution in [0.4, 0.5) is 0 Å². The highest BCUT2D eigenvalue weighted by Crippen LogP contribution is 2.28. The van der Waals surface area contributed by atoms with E-state index in [1.165, 1.54) is 16.5 Å². The summed E-state index contributed by atoms with van der Waals surface area (Å²) in [5.74, 6) is 0. The Balaban J connectivity index is 2.03. The van der Waals surface area contributed by atoms with Crippen LogP contribution in [-0.2, 0) is 6.42 Å². The molecule has 3 nitrogen and oxygen atoms in total. The molecule has 0 aromatic carbocycles. The van der Waals surface area contributed by atoms with E-state index in [9.17, 15) is 0 Å². The Morgan fingerprint density at radius 2 is 2.28 bits per heavy atom. The molecule has 1 N–H and O–H groups in total. The molecule has 0 saturated carbocycles. The second-order valence-corrected chi connectivity index (χ2v) is 5.00. The average Bonchev–Trinajstić information content (AvgIpc) is 2.82. The van der Waals surface area contributed by atoms with E-state index in [0.717, 1.165) is 37.3 Å². The molecule has 2 aromatic heterocycles. The molecule has 0 fully saturated rings. The first kappa shape index (κ1) is 11.5. The topological polar surface area (TPSA) is 31.9 Å². The van der Waals surface area contributed by atoms with E-state index in [1.807, 2.05) is 0 Å². The highest BCUT2D eigenvalue weighted by Gasteiger charge is 2.13.